The average molecular weight is 401 g/mol. The van der Waals surface area contributed by atoms with Crippen LogP contribution in [-0.4, -0.2) is 10.9 Å². The number of amides is 1. The third-order valence-electron chi connectivity index (χ3n) is 4.08. The Morgan fingerprint density at radius 3 is 2.34 bits per heavy atom. The number of aromatic nitrogens is 1. The van der Waals surface area contributed by atoms with Crippen molar-refractivity contribution in [3.63, 3.8) is 0 Å². The van der Waals surface area contributed by atoms with E-state index in [0.717, 1.165) is 17.7 Å². The lowest BCUT2D eigenvalue weighted by Crippen LogP contribution is -2.13. The lowest BCUT2D eigenvalue weighted by molar-refractivity contribution is -0.137. The molecule has 0 radical (unpaired) electrons. The van der Waals surface area contributed by atoms with Crippen molar-refractivity contribution in [1.82, 2.24) is 10.3 Å². The molecule has 150 valence electrons. The highest BCUT2D eigenvalue weighted by Gasteiger charge is 2.30. The monoisotopic (exact) mass is 401 g/mol. The Hall–Kier alpha value is -3.39. The van der Waals surface area contributed by atoms with E-state index in [0.29, 0.717) is 35.8 Å². The van der Waals surface area contributed by atoms with Crippen LogP contribution < -0.4 is 15.8 Å². The topological polar surface area (TPSA) is 77.2 Å². The van der Waals surface area contributed by atoms with E-state index < -0.39 is 17.6 Å². The molecule has 0 saturated heterocycles. The minimum absolute atomic E-state index is 0.291. The van der Waals surface area contributed by atoms with Gasteiger partial charge in [0.05, 0.1) is 11.1 Å². The molecule has 5 nitrogen and oxygen atoms in total. The van der Waals surface area contributed by atoms with E-state index in [2.05, 4.69) is 10.3 Å². The number of rotatable bonds is 7. The second-order valence-corrected chi connectivity index (χ2v) is 6.30. The molecule has 0 spiro atoms. The SMILES string of the molecule is NC(=O)c1ccc(Oc2ccc(CNCc3cccc(C(F)(F)F)c3)cc2)nc1. The van der Waals surface area contributed by atoms with Crippen molar-refractivity contribution in [3.8, 4) is 11.6 Å². The summed E-state index contributed by atoms with van der Waals surface area (Å²) in [6.07, 6.45) is -3.01. The summed E-state index contributed by atoms with van der Waals surface area (Å²) >= 11 is 0. The number of carbonyl (C=O) groups excluding carboxylic acids is 1. The molecule has 2 aromatic carbocycles. The predicted octanol–water partition coefficient (Wildman–Crippen LogP) is 4.28. The summed E-state index contributed by atoms with van der Waals surface area (Å²) in [7, 11) is 0. The number of nitrogens with two attached hydrogens (primary N) is 1. The molecule has 0 bridgehead atoms. The van der Waals surface area contributed by atoms with Gasteiger partial charge in [-0.2, -0.15) is 13.2 Å². The quantitative estimate of drug-likeness (QED) is 0.620. The Bertz CT molecular complexity index is 972. The summed E-state index contributed by atoms with van der Waals surface area (Å²) in [5.41, 5.74) is 6.30. The first-order valence-electron chi connectivity index (χ1n) is 8.71. The molecule has 0 atom stereocenters. The van der Waals surface area contributed by atoms with Gasteiger partial charge in [-0.15, -0.1) is 0 Å². The van der Waals surface area contributed by atoms with Crippen LogP contribution in [0, 0.1) is 0 Å². The van der Waals surface area contributed by atoms with Crippen molar-refractivity contribution in [2.45, 2.75) is 19.3 Å². The molecule has 0 aliphatic rings. The van der Waals surface area contributed by atoms with Crippen LogP contribution in [0.5, 0.6) is 11.6 Å². The van der Waals surface area contributed by atoms with E-state index >= 15 is 0 Å². The van der Waals surface area contributed by atoms with Crippen LogP contribution in [0.4, 0.5) is 13.2 Å². The zero-order valence-corrected chi connectivity index (χ0v) is 15.2. The van der Waals surface area contributed by atoms with Gasteiger partial charge in [0.15, 0.2) is 0 Å². The van der Waals surface area contributed by atoms with Crippen LogP contribution in [0.15, 0.2) is 66.9 Å². The van der Waals surface area contributed by atoms with Gasteiger partial charge in [-0.25, -0.2) is 4.98 Å². The first-order chi connectivity index (χ1) is 13.8. The second kappa shape index (κ2) is 8.74. The first-order valence-corrected chi connectivity index (χ1v) is 8.71. The Morgan fingerprint density at radius 1 is 1.00 bits per heavy atom. The van der Waals surface area contributed by atoms with E-state index in [1.807, 2.05) is 12.1 Å². The molecule has 3 rings (SSSR count). The van der Waals surface area contributed by atoms with Gasteiger partial charge in [0.25, 0.3) is 0 Å². The molecule has 8 heteroatoms. The number of halogens is 3. The lowest BCUT2D eigenvalue weighted by Gasteiger charge is -2.10. The van der Waals surface area contributed by atoms with Crippen molar-refractivity contribution < 1.29 is 22.7 Å². The van der Waals surface area contributed by atoms with Crippen molar-refractivity contribution in [2.75, 3.05) is 0 Å². The van der Waals surface area contributed by atoms with Gasteiger partial charge in [-0.3, -0.25) is 4.79 Å². The Morgan fingerprint density at radius 2 is 1.72 bits per heavy atom. The molecule has 3 N–H and O–H groups in total. The molecule has 0 saturated carbocycles. The fraction of sp³-hybridized carbons (Fsp3) is 0.143. The molecule has 0 aliphatic carbocycles. The summed E-state index contributed by atoms with van der Waals surface area (Å²) in [4.78, 5) is 15.0. The Kier molecular flexibility index (Phi) is 6.13. The van der Waals surface area contributed by atoms with E-state index in [4.69, 9.17) is 10.5 Å². The maximum absolute atomic E-state index is 12.7. The van der Waals surface area contributed by atoms with Crippen LogP contribution in [0.1, 0.15) is 27.0 Å². The predicted molar refractivity (Wildman–Crippen MR) is 101 cm³/mol. The maximum Gasteiger partial charge on any atom is 0.416 e. The third kappa shape index (κ3) is 5.79. The number of benzene rings is 2. The van der Waals surface area contributed by atoms with Crippen molar-refractivity contribution >= 4 is 5.91 Å². The lowest BCUT2D eigenvalue weighted by atomic mass is 10.1. The normalized spacial score (nSPS) is 11.3. The zero-order valence-electron chi connectivity index (χ0n) is 15.2. The van der Waals surface area contributed by atoms with Gasteiger partial charge >= 0.3 is 6.18 Å². The minimum Gasteiger partial charge on any atom is -0.439 e. The second-order valence-electron chi connectivity index (χ2n) is 6.30. The van der Waals surface area contributed by atoms with E-state index in [9.17, 15) is 18.0 Å². The standard InChI is InChI=1S/C21H18F3N3O2/c22-21(23,24)17-3-1-2-15(10-17)12-26-11-14-4-7-18(8-5-14)29-19-9-6-16(13-27-19)20(25)28/h1-10,13,26H,11-12H2,(H2,25,28). The average Bonchev–Trinajstić information content (AvgIpc) is 2.69. The number of ether oxygens (including phenoxy) is 1. The van der Waals surface area contributed by atoms with Crippen LogP contribution in [0.3, 0.4) is 0 Å². The van der Waals surface area contributed by atoms with Crippen LogP contribution >= 0.6 is 0 Å². The number of nitrogens with zero attached hydrogens (tertiary/aromatic N) is 1. The number of nitrogens with one attached hydrogen (secondary N) is 1. The third-order valence-corrected chi connectivity index (χ3v) is 4.08. The number of pyridine rings is 1. The number of primary amides is 1. The van der Waals surface area contributed by atoms with Crippen LogP contribution in [0.2, 0.25) is 0 Å². The summed E-state index contributed by atoms with van der Waals surface area (Å²) in [5, 5.41) is 3.12. The van der Waals surface area contributed by atoms with Crippen molar-refractivity contribution in [3.05, 3.63) is 89.1 Å². The fourth-order valence-electron chi connectivity index (χ4n) is 2.59. The molecule has 0 aliphatic heterocycles. The molecule has 1 heterocycles. The number of hydrogen-bond donors (Lipinski definition) is 2. The van der Waals surface area contributed by atoms with Crippen molar-refractivity contribution in [1.29, 1.82) is 0 Å². The molecule has 1 amide bonds. The number of carbonyl (C=O) groups is 1. The number of hydrogen-bond acceptors (Lipinski definition) is 4. The summed E-state index contributed by atoms with van der Waals surface area (Å²) < 4.78 is 43.8. The van der Waals surface area contributed by atoms with E-state index in [-0.39, 0.29) is 0 Å². The van der Waals surface area contributed by atoms with E-state index in [1.54, 1.807) is 24.3 Å². The summed E-state index contributed by atoms with van der Waals surface area (Å²) in [5.74, 6) is 0.322. The number of alkyl halides is 3. The molecule has 0 unspecified atom stereocenters. The molecule has 3 aromatic rings. The molecule has 1 aromatic heterocycles. The highest BCUT2D eigenvalue weighted by molar-refractivity contribution is 5.92. The maximum atomic E-state index is 12.7. The summed E-state index contributed by atoms with van der Waals surface area (Å²) in [6, 6.07) is 15.5. The highest BCUT2D eigenvalue weighted by atomic mass is 19.4. The molecular formula is C21H18F3N3O2. The van der Waals surface area contributed by atoms with Gasteiger partial charge in [0, 0.05) is 25.4 Å². The first kappa shape index (κ1) is 20.3. The Labute approximate surface area is 165 Å². The smallest absolute Gasteiger partial charge is 0.416 e. The van der Waals surface area contributed by atoms with E-state index in [1.165, 1.54) is 18.3 Å². The Balaban J connectivity index is 1.52. The molecular weight excluding hydrogens is 383 g/mol. The van der Waals surface area contributed by atoms with Crippen LogP contribution in [0.25, 0.3) is 0 Å². The minimum atomic E-state index is -4.35. The van der Waals surface area contributed by atoms with Crippen molar-refractivity contribution in [2.24, 2.45) is 5.73 Å². The fourth-order valence-corrected chi connectivity index (χ4v) is 2.59. The zero-order chi connectivity index (χ0) is 20.9. The summed E-state index contributed by atoms with van der Waals surface area (Å²) in [6.45, 7) is 0.806. The van der Waals surface area contributed by atoms with Gasteiger partial charge in [0.2, 0.25) is 11.8 Å². The van der Waals surface area contributed by atoms with Gasteiger partial charge in [-0.05, 0) is 35.4 Å². The largest absolute Gasteiger partial charge is 0.439 e. The molecule has 0 fully saturated rings. The van der Waals surface area contributed by atoms with Gasteiger partial charge < -0.3 is 15.8 Å². The van der Waals surface area contributed by atoms with Crippen LogP contribution in [-0.2, 0) is 19.3 Å². The van der Waals surface area contributed by atoms with Gasteiger partial charge in [-0.1, -0.05) is 30.3 Å². The molecule has 29 heavy (non-hydrogen) atoms. The van der Waals surface area contributed by atoms with Gasteiger partial charge in [0.1, 0.15) is 5.75 Å². The highest BCUT2D eigenvalue weighted by Crippen LogP contribution is 2.29.